The van der Waals surface area contributed by atoms with Crippen LogP contribution in [0.2, 0.25) is 4.34 Å². The molecule has 27 heavy (non-hydrogen) atoms. The number of nitrogens with zero attached hydrogens (tertiary/aromatic N) is 3. The Balaban J connectivity index is 1.73. The number of benzene rings is 1. The highest BCUT2D eigenvalue weighted by atomic mass is 35.5. The van der Waals surface area contributed by atoms with Crippen LogP contribution in [0.5, 0.6) is 0 Å². The van der Waals surface area contributed by atoms with E-state index in [0.29, 0.717) is 21.5 Å². The van der Waals surface area contributed by atoms with E-state index in [1.54, 1.807) is 13.1 Å². The molecule has 5 nitrogen and oxygen atoms in total. The van der Waals surface area contributed by atoms with Gasteiger partial charge in [0.15, 0.2) is 4.96 Å². The minimum atomic E-state index is -0.370. The Morgan fingerprint density at radius 1 is 1.22 bits per heavy atom. The van der Waals surface area contributed by atoms with Gasteiger partial charge in [0.1, 0.15) is 5.56 Å². The van der Waals surface area contributed by atoms with Crippen molar-refractivity contribution in [3.05, 3.63) is 79.9 Å². The topological polar surface area (TPSA) is 54.7 Å². The first-order valence-electron chi connectivity index (χ1n) is 8.09. The number of amides is 1. The molecule has 1 aromatic carbocycles. The minimum absolute atomic E-state index is 0.0493. The van der Waals surface area contributed by atoms with E-state index >= 15 is 0 Å². The lowest BCUT2D eigenvalue weighted by Gasteiger charge is -2.17. The van der Waals surface area contributed by atoms with Crippen molar-refractivity contribution < 1.29 is 4.79 Å². The van der Waals surface area contributed by atoms with Gasteiger partial charge in [0.25, 0.3) is 11.5 Å². The average molecular weight is 416 g/mol. The fourth-order valence-electron chi connectivity index (χ4n) is 2.80. The van der Waals surface area contributed by atoms with E-state index in [4.69, 9.17) is 11.6 Å². The zero-order chi connectivity index (χ0) is 19.0. The molecule has 1 amide bonds. The average Bonchev–Trinajstić information content (AvgIpc) is 3.28. The summed E-state index contributed by atoms with van der Waals surface area (Å²) in [6, 6.07) is 13.3. The van der Waals surface area contributed by atoms with Gasteiger partial charge in [-0.1, -0.05) is 41.9 Å². The summed E-state index contributed by atoms with van der Waals surface area (Å²) in [6.07, 6.45) is 1.36. The van der Waals surface area contributed by atoms with Crippen LogP contribution in [0.3, 0.4) is 0 Å². The standard InChI is InChI=1S/C19H14ClN3O2S2/c1-22(10-12-5-3-2-4-6-12)17(24)13-9-21-19-23(18(13)25)14(11-26-19)15-7-8-16(20)27-15/h2-9,11H,10H2,1H3. The van der Waals surface area contributed by atoms with Gasteiger partial charge >= 0.3 is 0 Å². The summed E-state index contributed by atoms with van der Waals surface area (Å²) in [5.74, 6) is -0.355. The van der Waals surface area contributed by atoms with Crippen molar-refractivity contribution >= 4 is 45.1 Å². The summed E-state index contributed by atoms with van der Waals surface area (Å²) in [6.45, 7) is 0.416. The van der Waals surface area contributed by atoms with Crippen LogP contribution in [0, 0.1) is 0 Å². The van der Waals surface area contributed by atoms with Crippen molar-refractivity contribution in [2.45, 2.75) is 6.54 Å². The second-order valence-electron chi connectivity index (χ2n) is 5.97. The van der Waals surface area contributed by atoms with Crippen molar-refractivity contribution in [2.24, 2.45) is 0 Å². The Hall–Kier alpha value is -2.48. The van der Waals surface area contributed by atoms with Gasteiger partial charge in [-0.25, -0.2) is 9.38 Å². The number of rotatable bonds is 4. The summed E-state index contributed by atoms with van der Waals surface area (Å²) in [4.78, 5) is 33.1. The summed E-state index contributed by atoms with van der Waals surface area (Å²) in [5.41, 5.74) is 1.37. The number of thiazole rings is 1. The van der Waals surface area contributed by atoms with Gasteiger partial charge in [0.2, 0.25) is 0 Å². The lowest BCUT2D eigenvalue weighted by atomic mass is 10.2. The molecule has 136 valence electrons. The Morgan fingerprint density at radius 3 is 2.70 bits per heavy atom. The van der Waals surface area contributed by atoms with Crippen LogP contribution in [0.15, 0.2) is 58.8 Å². The molecule has 8 heteroatoms. The molecule has 0 saturated carbocycles. The van der Waals surface area contributed by atoms with Crippen LogP contribution >= 0.6 is 34.3 Å². The third kappa shape index (κ3) is 3.41. The van der Waals surface area contributed by atoms with Gasteiger partial charge in [-0.3, -0.25) is 9.59 Å². The largest absolute Gasteiger partial charge is 0.337 e. The summed E-state index contributed by atoms with van der Waals surface area (Å²) >= 11 is 8.76. The summed E-state index contributed by atoms with van der Waals surface area (Å²) < 4.78 is 2.12. The molecule has 0 unspecified atom stereocenters. The number of halogens is 1. The predicted octanol–water partition coefficient (Wildman–Crippen LogP) is 4.41. The smallest absolute Gasteiger partial charge is 0.271 e. The van der Waals surface area contributed by atoms with Crippen molar-refractivity contribution in [3.63, 3.8) is 0 Å². The molecule has 0 radical (unpaired) electrons. The Kier molecular flexibility index (Phi) is 4.82. The number of carbonyl (C=O) groups excluding carboxylic acids is 1. The third-order valence-corrected chi connectivity index (χ3v) is 6.20. The maximum Gasteiger partial charge on any atom is 0.271 e. The molecule has 4 rings (SSSR count). The van der Waals surface area contributed by atoms with Gasteiger partial charge in [0.05, 0.1) is 14.9 Å². The highest BCUT2D eigenvalue weighted by Crippen LogP contribution is 2.32. The van der Waals surface area contributed by atoms with Crippen molar-refractivity contribution in [3.8, 4) is 10.6 Å². The highest BCUT2D eigenvalue weighted by Gasteiger charge is 2.20. The second-order valence-corrected chi connectivity index (χ2v) is 8.52. The minimum Gasteiger partial charge on any atom is -0.337 e. The molecule has 0 fully saturated rings. The third-order valence-electron chi connectivity index (χ3n) is 4.11. The lowest BCUT2D eigenvalue weighted by Crippen LogP contribution is -2.32. The molecule has 0 spiro atoms. The Labute approximate surface area is 168 Å². The van der Waals surface area contributed by atoms with E-state index in [0.717, 1.165) is 10.4 Å². The highest BCUT2D eigenvalue weighted by molar-refractivity contribution is 7.20. The predicted molar refractivity (Wildman–Crippen MR) is 110 cm³/mol. The van der Waals surface area contributed by atoms with Crippen LogP contribution in [0.25, 0.3) is 15.5 Å². The molecule has 3 aromatic heterocycles. The number of fused-ring (bicyclic) bond motifs is 1. The first-order valence-corrected chi connectivity index (χ1v) is 10.2. The molecule has 0 aliphatic rings. The summed E-state index contributed by atoms with van der Waals surface area (Å²) in [5, 5.41) is 1.85. The Bertz CT molecular complexity index is 1180. The fraction of sp³-hybridized carbons (Fsp3) is 0.105. The zero-order valence-electron chi connectivity index (χ0n) is 14.3. The first-order chi connectivity index (χ1) is 13.0. The maximum absolute atomic E-state index is 13.0. The van der Waals surface area contributed by atoms with E-state index in [-0.39, 0.29) is 17.0 Å². The number of aromatic nitrogens is 2. The second kappa shape index (κ2) is 7.26. The molecule has 4 aromatic rings. The SMILES string of the molecule is CN(Cc1ccccc1)C(=O)c1cnc2scc(-c3ccc(Cl)s3)n2c1=O. The van der Waals surface area contributed by atoms with Crippen molar-refractivity contribution in [1.82, 2.24) is 14.3 Å². The van der Waals surface area contributed by atoms with Crippen LogP contribution in [0.1, 0.15) is 15.9 Å². The van der Waals surface area contributed by atoms with Crippen molar-refractivity contribution in [1.29, 1.82) is 0 Å². The first kappa shape index (κ1) is 17.9. The molecule has 0 saturated heterocycles. The number of hydrogen-bond donors (Lipinski definition) is 0. The van der Waals surface area contributed by atoms with E-state index < -0.39 is 0 Å². The molecule has 0 atom stereocenters. The van der Waals surface area contributed by atoms with Crippen LogP contribution in [-0.2, 0) is 6.54 Å². The van der Waals surface area contributed by atoms with Gasteiger partial charge in [-0.05, 0) is 17.7 Å². The molecule has 0 bridgehead atoms. The molecular formula is C19H14ClN3O2S2. The van der Waals surface area contributed by atoms with Gasteiger partial charge < -0.3 is 4.90 Å². The van der Waals surface area contributed by atoms with Crippen LogP contribution in [-0.4, -0.2) is 27.2 Å². The van der Waals surface area contributed by atoms with Gasteiger partial charge in [-0.15, -0.1) is 22.7 Å². The normalized spacial score (nSPS) is 11.0. The maximum atomic E-state index is 13.0. The Morgan fingerprint density at radius 2 is 2.00 bits per heavy atom. The van der Waals surface area contributed by atoms with E-state index in [1.165, 1.54) is 38.2 Å². The van der Waals surface area contributed by atoms with E-state index in [1.807, 2.05) is 41.8 Å². The van der Waals surface area contributed by atoms with Crippen molar-refractivity contribution in [2.75, 3.05) is 7.05 Å². The molecule has 0 N–H and O–H groups in total. The molecule has 0 aliphatic heterocycles. The molecule has 0 aliphatic carbocycles. The monoisotopic (exact) mass is 415 g/mol. The van der Waals surface area contributed by atoms with Crippen LogP contribution < -0.4 is 5.56 Å². The molecule has 3 heterocycles. The van der Waals surface area contributed by atoms with E-state index in [9.17, 15) is 9.59 Å². The van der Waals surface area contributed by atoms with Crippen LogP contribution in [0.4, 0.5) is 0 Å². The van der Waals surface area contributed by atoms with E-state index in [2.05, 4.69) is 4.98 Å². The summed E-state index contributed by atoms with van der Waals surface area (Å²) in [7, 11) is 1.68. The quantitative estimate of drug-likeness (QED) is 0.496. The number of thiophene rings is 1. The number of hydrogen-bond acceptors (Lipinski definition) is 5. The van der Waals surface area contributed by atoms with Gasteiger partial charge in [0, 0.05) is 25.2 Å². The number of carbonyl (C=O) groups is 1. The fourth-order valence-corrected chi connectivity index (χ4v) is 4.77. The zero-order valence-corrected chi connectivity index (χ0v) is 16.6. The lowest BCUT2D eigenvalue weighted by molar-refractivity contribution is 0.0783. The molecular weight excluding hydrogens is 402 g/mol. The van der Waals surface area contributed by atoms with Gasteiger partial charge in [-0.2, -0.15) is 0 Å².